The minimum absolute atomic E-state index is 0.104. The van der Waals surface area contributed by atoms with Crippen molar-refractivity contribution >= 4 is 11.8 Å². The Hall–Kier alpha value is -1.10. The van der Waals surface area contributed by atoms with E-state index < -0.39 is 0 Å². The second-order valence-electron chi connectivity index (χ2n) is 5.72. The highest BCUT2D eigenvalue weighted by molar-refractivity contribution is 5.89. The van der Waals surface area contributed by atoms with Crippen LogP contribution in [0.15, 0.2) is 0 Å². The van der Waals surface area contributed by atoms with Crippen LogP contribution in [0.3, 0.4) is 0 Å². The van der Waals surface area contributed by atoms with Crippen molar-refractivity contribution in [1.82, 2.24) is 14.7 Å². The van der Waals surface area contributed by atoms with Crippen LogP contribution < -0.4 is 0 Å². The number of likely N-dealkylation sites (tertiary alicyclic amines) is 1. The number of piperazine rings is 1. The largest absolute Gasteiger partial charge is 0.342 e. The van der Waals surface area contributed by atoms with Crippen LogP contribution in [0.4, 0.5) is 0 Å². The maximum atomic E-state index is 12.4. The number of nitrogens with zero attached hydrogens (tertiary/aromatic N) is 3. The second kappa shape index (κ2) is 6.37. The molecule has 2 aliphatic heterocycles. The minimum Gasteiger partial charge on any atom is -0.342 e. The van der Waals surface area contributed by atoms with E-state index in [2.05, 4.69) is 18.9 Å². The zero-order chi connectivity index (χ0) is 13.8. The minimum atomic E-state index is -0.104. The number of carbonyl (C=O) groups excluding carboxylic acids is 2. The molecule has 2 saturated heterocycles. The number of rotatable bonds is 4. The van der Waals surface area contributed by atoms with Crippen LogP contribution in [0.25, 0.3) is 0 Å². The fourth-order valence-electron chi connectivity index (χ4n) is 2.79. The highest BCUT2D eigenvalue weighted by Gasteiger charge is 2.36. The molecule has 5 heteroatoms. The molecule has 1 unspecified atom stereocenters. The van der Waals surface area contributed by atoms with Gasteiger partial charge in [0.05, 0.1) is 5.92 Å². The van der Waals surface area contributed by atoms with Gasteiger partial charge in [-0.2, -0.15) is 0 Å². The quantitative estimate of drug-likeness (QED) is 0.741. The van der Waals surface area contributed by atoms with E-state index in [1.165, 1.54) is 0 Å². The molecule has 0 aromatic rings. The second-order valence-corrected chi connectivity index (χ2v) is 5.72. The molecule has 19 heavy (non-hydrogen) atoms. The normalized spacial score (nSPS) is 25.2. The van der Waals surface area contributed by atoms with Gasteiger partial charge in [0.2, 0.25) is 11.8 Å². The topological polar surface area (TPSA) is 43.9 Å². The molecule has 0 N–H and O–H groups in total. The van der Waals surface area contributed by atoms with Gasteiger partial charge in [0, 0.05) is 45.7 Å². The molecular weight excluding hydrogens is 242 g/mol. The van der Waals surface area contributed by atoms with Crippen LogP contribution in [-0.2, 0) is 9.59 Å². The van der Waals surface area contributed by atoms with E-state index >= 15 is 0 Å². The summed E-state index contributed by atoms with van der Waals surface area (Å²) in [4.78, 5) is 30.3. The highest BCUT2D eigenvalue weighted by Crippen LogP contribution is 2.21. The van der Waals surface area contributed by atoms with Gasteiger partial charge in [-0.15, -0.1) is 0 Å². The van der Waals surface area contributed by atoms with Crippen molar-refractivity contribution in [2.24, 2.45) is 5.92 Å². The lowest BCUT2D eigenvalue weighted by molar-refractivity contribution is -0.137. The lowest BCUT2D eigenvalue weighted by atomic mass is 10.1. The molecule has 2 aliphatic rings. The summed E-state index contributed by atoms with van der Waals surface area (Å²) < 4.78 is 0. The van der Waals surface area contributed by atoms with Gasteiger partial charge in [-0.1, -0.05) is 13.3 Å². The SMILES string of the molecule is CCCCN1CC(C(=O)N2CCN(C)CC2)CC1=O. The average molecular weight is 267 g/mol. The van der Waals surface area contributed by atoms with Crippen molar-refractivity contribution in [1.29, 1.82) is 0 Å². The summed E-state index contributed by atoms with van der Waals surface area (Å²) in [5.74, 6) is 0.231. The number of hydrogen-bond donors (Lipinski definition) is 0. The number of amides is 2. The molecule has 0 saturated carbocycles. The van der Waals surface area contributed by atoms with Crippen LogP contribution in [0, 0.1) is 5.92 Å². The molecule has 2 rings (SSSR count). The summed E-state index contributed by atoms with van der Waals surface area (Å²) in [6.07, 6.45) is 2.52. The van der Waals surface area contributed by atoms with Crippen molar-refractivity contribution in [2.75, 3.05) is 46.3 Å². The number of unbranched alkanes of at least 4 members (excludes halogenated alkanes) is 1. The first-order valence-electron chi connectivity index (χ1n) is 7.37. The van der Waals surface area contributed by atoms with E-state index in [0.29, 0.717) is 13.0 Å². The van der Waals surface area contributed by atoms with E-state index in [4.69, 9.17) is 0 Å². The molecular formula is C14H25N3O2. The van der Waals surface area contributed by atoms with Crippen molar-refractivity contribution in [3.8, 4) is 0 Å². The molecule has 1 atom stereocenters. The summed E-state index contributed by atoms with van der Waals surface area (Å²) in [7, 11) is 2.08. The van der Waals surface area contributed by atoms with Crippen molar-refractivity contribution < 1.29 is 9.59 Å². The predicted molar refractivity (Wildman–Crippen MR) is 73.7 cm³/mol. The lowest BCUT2D eigenvalue weighted by Crippen LogP contribution is -2.49. The Balaban J connectivity index is 1.85. The third kappa shape index (κ3) is 3.47. The number of likely N-dealkylation sites (N-methyl/N-ethyl adjacent to an activating group) is 1. The zero-order valence-electron chi connectivity index (χ0n) is 12.1. The summed E-state index contributed by atoms with van der Waals surface area (Å²) in [6, 6.07) is 0. The van der Waals surface area contributed by atoms with Crippen molar-refractivity contribution in [3.63, 3.8) is 0 Å². The van der Waals surface area contributed by atoms with Gasteiger partial charge in [-0.25, -0.2) is 0 Å². The Labute approximate surface area is 115 Å². The molecule has 108 valence electrons. The first-order valence-corrected chi connectivity index (χ1v) is 7.37. The van der Waals surface area contributed by atoms with Gasteiger partial charge < -0.3 is 14.7 Å². The molecule has 2 heterocycles. The summed E-state index contributed by atoms with van der Waals surface area (Å²) in [5.41, 5.74) is 0. The van der Waals surface area contributed by atoms with Crippen LogP contribution >= 0.6 is 0 Å². The Kier molecular flexibility index (Phi) is 4.80. The van der Waals surface area contributed by atoms with Crippen molar-refractivity contribution in [2.45, 2.75) is 26.2 Å². The third-order valence-electron chi connectivity index (χ3n) is 4.16. The smallest absolute Gasteiger partial charge is 0.228 e. The van der Waals surface area contributed by atoms with Gasteiger partial charge >= 0.3 is 0 Å². The Morgan fingerprint density at radius 1 is 1.26 bits per heavy atom. The molecule has 2 fully saturated rings. The van der Waals surface area contributed by atoms with Crippen LogP contribution in [0.2, 0.25) is 0 Å². The van der Waals surface area contributed by atoms with E-state index in [1.807, 2.05) is 9.80 Å². The fourth-order valence-corrected chi connectivity index (χ4v) is 2.79. The maximum absolute atomic E-state index is 12.4. The third-order valence-corrected chi connectivity index (χ3v) is 4.16. The average Bonchev–Trinajstić information content (AvgIpc) is 2.78. The number of hydrogen-bond acceptors (Lipinski definition) is 3. The van der Waals surface area contributed by atoms with E-state index in [1.54, 1.807) is 0 Å². The summed E-state index contributed by atoms with van der Waals surface area (Å²) >= 11 is 0. The van der Waals surface area contributed by atoms with E-state index in [0.717, 1.165) is 45.6 Å². The Morgan fingerprint density at radius 2 is 1.95 bits per heavy atom. The van der Waals surface area contributed by atoms with Gasteiger partial charge in [0.25, 0.3) is 0 Å². The zero-order valence-corrected chi connectivity index (χ0v) is 12.1. The molecule has 0 radical (unpaired) electrons. The number of carbonyl (C=O) groups is 2. The standard InChI is InChI=1S/C14H25N3O2/c1-3-4-5-17-11-12(10-13(17)18)14(19)16-8-6-15(2)7-9-16/h12H,3-11H2,1-2H3. The monoisotopic (exact) mass is 267 g/mol. The van der Waals surface area contributed by atoms with E-state index in [-0.39, 0.29) is 17.7 Å². The first-order chi connectivity index (χ1) is 9.11. The molecule has 0 aliphatic carbocycles. The van der Waals surface area contributed by atoms with Crippen LogP contribution in [-0.4, -0.2) is 72.8 Å². The lowest BCUT2D eigenvalue weighted by Gasteiger charge is -2.33. The van der Waals surface area contributed by atoms with Gasteiger partial charge in [-0.05, 0) is 13.5 Å². The maximum Gasteiger partial charge on any atom is 0.228 e. The Bertz CT molecular complexity index is 338. The molecule has 0 bridgehead atoms. The highest BCUT2D eigenvalue weighted by atomic mass is 16.2. The Morgan fingerprint density at radius 3 is 2.58 bits per heavy atom. The molecule has 0 aromatic carbocycles. The van der Waals surface area contributed by atoms with Crippen molar-refractivity contribution in [3.05, 3.63) is 0 Å². The van der Waals surface area contributed by atoms with Gasteiger partial charge in [-0.3, -0.25) is 9.59 Å². The molecule has 5 nitrogen and oxygen atoms in total. The fraction of sp³-hybridized carbons (Fsp3) is 0.857. The molecule has 2 amide bonds. The molecule has 0 aromatic heterocycles. The van der Waals surface area contributed by atoms with Crippen LogP contribution in [0.1, 0.15) is 26.2 Å². The predicted octanol–water partition coefficient (Wildman–Crippen LogP) is 0.409. The van der Waals surface area contributed by atoms with Gasteiger partial charge in [0.1, 0.15) is 0 Å². The van der Waals surface area contributed by atoms with E-state index in [9.17, 15) is 9.59 Å². The molecule has 0 spiro atoms. The van der Waals surface area contributed by atoms with Crippen LogP contribution in [0.5, 0.6) is 0 Å². The van der Waals surface area contributed by atoms with Gasteiger partial charge in [0.15, 0.2) is 0 Å². The first kappa shape index (κ1) is 14.3. The summed E-state index contributed by atoms with van der Waals surface area (Å²) in [6.45, 7) is 7.03. The summed E-state index contributed by atoms with van der Waals surface area (Å²) in [5, 5.41) is 0.